The molecule has 0 amide bonds. The van der Waals surface area contributed by atoms with Crippen molar-refractivity contribution in [3.63, 3.8) is 0 Å². The predicted octanol–water partition coefficient (Wildman–Crippen LogP) is 5.97. The highest BCUT2D eigenvalue weighted by Gasteiger charge is 2.38. The van der Waals surface area contributed by atoms with Gasteiger partial charge in [-0.25, -0.2) is 8.42 Å². The zero-order valence-electron chi connectivity index (χ0n) is 18.8. The molecule has 0 saturated carbocycles. The maximum Gasteiger partial charge on any atom is 0.416 e. The van der Waals surface area contributed by atoms with Crippen molar-refractivity contribution < 1.29 is 48.0 Å². The molecule has 0 spiro atoms. The van der Waals surface area contributed by atoms with E-state index in [4.69, 9.17) is 8.42 Å². The van der Waals surface area contributed by atoms with Crippen LogP contribution in [0.5, 0.6) is 0 Å². The third-order valence-electron chi connectivity index (χ3n) is 5.24. The number of ketones is 1. The summed E-state index contributed by atoms with van der Waals surface area (Å²) in [4.78, 5) is 12.0. The van der Waals surface area contributed by atoms with Crippen LogP contribution in [0, 0.1) is 6.92 Å². The van der Waals surface area contributed by atoms with Crippen molar-refractivity contribution in [2.75, 3.05) is 0 Å². The van der Waals surface area contributed by atoms with Crippen molar-refractivity contribution in [3.05, 3.63) is 64.7 Å². The standard InChI is InChI=1S/C22H22F6O3S.O2S/c1-14-12-16(22(26,27)28)9-10-18(14)19(29)8-5-11-20(2,3)32(30,31)17-7-4-6-15(13-17)21(23,24)25;1-3-2/h4,6-7,9-10,12-13H,5,8,11H2,1-3H3;. The summed E-state index contributed by atoms with van der Waals surface area (Å²) in [7, 11) is -4.15. The molecule has 5 nitrogen and oxygen atoms in total. The minimum atomic E-state index is -4.69. The van der Waals surface area contributed by atoms with E-state index < -0.39 is 60.3 Å². The molecular weight excluding hydrogens is 522 g/mol. The van der Waals surface area contributed by atoms with E-state index >= 15 is 0 Å². The van der Waals surface area contributed by atoms with Gasteiger partial charge < -0.3 is 0 Å². The van der Waals surface area contributed by atoms with Gasteiger partial charge in [0.05, 0.1) is 20.8 Å². The van der Waals surface area contributed by atoms with Gasteiger partial charge in [-0.15, -0.1) is 0 Å². The number of Topliss-reactive ketones (excluding diaryl/α,β-unsaturated/α-hetero) is 1. The summed E-state index contributed by atoms with van der Waals surface area (Å²) in [6, 6.07) is 6.22. The van der Waals surface area contributed by atoms with E-state index in [0.29, 0.717) is 6.07 Å². The number of carbonyl (C=O) groups is 1. The number of aryl methyl sites for hydroxylation is 1. The summed E-state index contributed by atoms with van der Waals surface area (Å²) in [6.07, 6.45) is -9.29. The van der Waals surface area contributed by atoms with Crippen LogP contribution in [0.3, 0.4) is 0 Å². The summed E-state index contributed by atoms with van der Waals surface area (Å²) >= 11 is -0.750. The lowest BCUT2D eigenvalue weighted by molar-refractivity contribution is -0.138. The molecule has 0 saturated heterocycles. The molecule has 0 atom stereocenters. The first-order valence-corrected chi connectivity index (χ1v) is 12.1. The summed E-state index contributed by atoms with van der Waals surface area (Å²) in [5.41, 5.74) is -1.69. The van der Waals surface area contributed by atoms with Gasteiger partial charge >= 0.3 is 23.9 Å². The van der Waals surface area contributed by atoms with Gasteiger partial charge in [0.2, 0.25) is 0 Å². The second-order valence-corrected chi connectivity index (χ2v) is 10.9. The smallest absolute Gasteiger partial charge is 0.294 e. The fourth-order valence-electron chi connectivity index (χ4n) is 3.26. The van der Waals surface area contributed by atoms with Gasteiger partial charge in [0, 0.05) is 12.0 Å². The van der Waals surface area contributed by atoms with Gasteiger partial charge in [-0.05, 0) is 69.5 Å². The number of hydrogen-bond donors (Lipinski definition) is 0. The highest BCUT2D eigenvalue weighted by atomic mass is 32.2. The number of hydrogen-bond acceptors (Lipinski definition) is 5. The number of alkyl halides is 6. The lowest BCUT2D eigenvalue weighted by Crippen LogP contribution is -2.32. The average Bonchev–Trinajstić information content (AvgIpc) is 2.72. The van der Waals surface area contributed by atoms with E-state index in [1.807, 2.05) is 0 Å². The van der Waals surface area contributed by atoms with E-state index in [1.165, 1.54) is 20.8 Å². The highest BCUT2D eigenvalue weighted by molar-refractivity contribution is 7.92. The Morgan fingerprint density at radius 2 is 1.40 bits per heavy atom. The van der Waals surface area contributed by atoms with E-state index in [2.05, 4.69) is 0 Å². The van der Waals surface area contributed by atoms with Gasteiger partial charge in [0.25, 0.3) is 0 Å². The molecule has 0 bridgehead atoms. The Morgan fingerprint density at radius 1 is 0.886 bits per heavy atom. The third kappa shape index (κ3) is 7.99. The molecular formula is C22H22F6O5S2. The number of rotatable bonds is 7. The molecule has 0 aromatic heterocycles. The number of halogens is 6. The minimum absolute atomic E-state index is 0.0308. The molecule has 0 aliphatic heterocycles. The van der Waals surface area contributed by atoms with Crippen LogP contribution in [-0.2, 0) is 33.8 Å². The van der Waals surface area contributed by atoms with Crippen LogP contribution in [0.4, 0.5) is 26.3 Å². The van der Waals surface area contributed by atoms with Gasteiger partial charge in [0.1, 0.15) is 0 Å². The lowest BCUT2D eigenvalue weighted by atomic mass is 9.96. The summed E-state index contributed by atoms with van der Waals surface area (Å²) < 4.78 is 118. The Hall–Kier alpha value is -2.54. The molecule has 0 aliphatic rings. The van der Waals surface area contributed by atoms with Crippen LogP contribution in [0.25, 0.3) is 0 Å². The first kappa shape index (κ1) is 30.5. The SMILES string of the molecule is Cc1cc(C(F)(F)F)ccc1C(=O)CCCC(C)(C)S(=O)(=O)c1cccc(C(F)(F)F)c1.O=S=O. The molecule has 0 heterocycles. The number of carbonyl (C=O) groups excluding carboxylic acids is 1. The quantitative estimate of drug-likeness (QED) is 0.317. The Kier molecular flexibility index (Phi) is 9.99. The molecule has 2 rings (SSSR count). The normalized spacial score (nSPS) is 12.5. The van der Waals surface area contributed by atoms with Gasteiger partial charge in [-0.1, -0.05) is 12.1 Å². The fourth-order valence-corrected chi connectivity index (χ4v) is 4.85. The molecule has 13 heteroatoms. The number of benzene rings is 2. The second kappa shape index (κ2) is 11.5. The maximum absolute atomic E-state index is 12.9. The molecule has 35 heavy (non-hydrogen) atoms. The second-order valence-electron chi connectivity index (χ2n) is 8.16. The van der Waals surface area contributed by atoms with Crippen LogP contribution in [-0.4, -0.2) is 27.4 Å². The molecule has 0 N–H and O–H groups in total. The van der Waals surface area contributed by atoms with E-state index in [-0.39, 0.29) is 30.4 Å². The van der Waals surface area contributed by atoms with Gasteiger partial charge in [-0.3, -0.25) is 4.79 Å². The van der Waals surface area contributed by atoms with Crippen molar-refractivity contribution in [3.8, 4) is 0 Å². The van der Waals surface area contributed by atoms with Gasteiger partial charge in [0.15, 0.2) is 15.6 Å². The van der Waals surface area contributed by atoms with Crippen molar-refractivity contribution in [2.24, 2.45) is 0 Å². The third-order valence-corrected chi connectivity index (χ3v) is 7.77. The van der Waals surface area contributed by atoms with Crippen LogP contribution in [0.15, 0.2) is 47.4 Å². The van der Waals surface area contributed by atoms with Crippen molar-refractivity contribution in [1.82, 2.24) is 0 Å². The first-order valence-electron chi connectivity index (χ1n) is 9.93. The zero-order chi connectivity index (χ0) is 27.2. The van der Waals surface area contributed by atoms with Crippen molar-refractivity contribution in [1.29, 1.82) is 0 Å². The predicted molar refractivity (Wildman–Crippen MR) is 116 cm³/mol. The van der Waals surface area contributed by atoms with Crippen LogP contribution < -0.4 is 0 Å². The highest BCUT2D eigenvalue weighted by Crippen LogP contribution is 2.35. The molecule has 2 aromatic carbocycles. The molecule has 0 aliphatic carbocycles. The van der Waals surface area contributed by atoms with E-state index in [0.717, 1.165) is 36.4 Å². The summed E-state index contributed by atoms with van der Waals surface area (Å²) in [5.74, 6) is -0.441. The van der Waals surface area contributed by atoms with Crippen LogP contribution >= 0.6 is 0 Å². The molecule has 0 unspecified atom stereocenters. The van der Waals surface area contributed by atoms with Gasteiger partial charge in [-0.2, -0.15) is 34.8 Å². The Labute approximate surface area is 202 Å². The largest absolute Gasteiger partial charge is 0.416 e. The zero-order valence-corrected chi connectivity index (χ0v) is 20.4. The summed E-state index contributed by atoms with van der Waals surface area (Å²) in [6.45, 7) is 4.09. The number of sulfone groups is 1. The fraction of sp³-hybridized carbons (Fsp3) is 0.409. The van der Waals surface area contributed by atoms with Crippen molar-refractivity contribution in [2.45, 2.75) is 62.0 Å². The first-order chi connectivity index (χ1) is 15.9. The Balaban J connectivity index is 0.00000194. The topological polar surface area (TPSA) is 85.3 Å². The molecule has 0 radical (unpaired) electrons. The monoisotopic (exact) mass is 544 g/mol. The molecule has 0 fully saturated rings. The lowest BCUT2D eigenvalue weighted by Gasteiger charge is -2.25. The van der Waals surface area contributed by atoms with Crippen LogP contribution in [0.2, 0.25) is 0 Å². The Bertz CT molecular complexity index is 1200. The van der Waals surface area contributed by atoms with E-state index in [1.54, 1.807) is 0 Å². The van der Waals surface area contributed by atoms with Crippen molar-refractivity contribution >= 4 is 27.2 Å². The maximum atomic E-state index is 12.9. The summed E-state index contributed by atoms with van der Waals surface area (Å²) in [5, 5.41) is 0. The minimum Gasteiger partial charge on any atom is -0.294 e. The van der Waals surface area contributed by atoms with Crippen LogP contribution in [0.1, 0.15) is 60.2 Å². The molecule has 2 aromatic rings. The molecule has 194 valence electrons. The Morgan fingerprint density at radius 3 is 1.89 bits per heavy atom. The average molecular weight is 545 g/mol. The van der Waals surface area contributed by atoms with E-state index in [9.17, 15) is 39.6 Å².